The third kappa shape index (κ3) is 5.49. The lowest BCUT2D eigenvalue weighted by Crippen LogP contribution is -2.28. The van der Waals surface area contributed by atoms with Gasteiger partial charge in [-0.2, -0.15) is 0 Å². The van der Waals surface area contributed by atoms with E-state index in [1.165, 1.54) is 12.1 Å². The number of benzene rings is 1. The van der Waals surface area contributed by atoms with E-state index in [1.807, 2.05) is 0 Å². The minimum Gasteiger partial charge on any atom is -0.374 e. The first-order valence-corrected chi connectivity index (χ1v) is 7.52. The van der Waals surface area contributed by atoms with Gasteiger partial charge in [0.25, 0.3) is 6.43 Å². The summed E-state index contributed by atoms with van der Waals surface area (Å²) in [6.45, 7) is 0.854. The minimum absolute atomic E-state index is 0.0720. The van der Waals surface area contributed by atoms with Crippen LogP contribution in [0, 0.1) is 0 Å². The van der Waals surface area contributed by atoms with E-state index in [-0.39, 0.29) is 24.1 Å². The van der Waals surface area contributed by atoms with Crippen LogP contribution >= 0.6 is 0 Å². The van der Waals surface area contributed by atoms with Gasteiger partial charge >= 0.3 is 0 Å². The highest BCUT2D eigenvalue weighted by Gasteiger charge is 2.14. The van der Waals surface area contributed by atoms with Crippen LogP contribution in [-0.2, 0) is 14.8 Å². The van der Waals surface area contributed by atoms with Gasteiger partial charge in [-0.05, 0) is 24.6 Å². The van der Waals surface area contributed by atoms with Crippen molar-refractivity contribution in [3.8, 4) is 0 Å². The van der Waals surface area contributed by atoms with Crippen LogP contribution in [-0.4, -0.2) is 34.6 Å². The second-order valence-electron chi connectivity index (χ2n) is 4.22. The first kappa shape index (κ1) is 17.0. The maximum absolute atomic E-state index is 11.9. The van der Waals surface area contributed by atoms with Crippen LogP contribution in [0.2, 0.25) is 0 Å². The Kier molecular flexibility index (Phi) is 6.47. The van der Waals surface area contributed by atoms with Gasteiger partial charge in [0.15, 0.2) is 0 Å². The molecule has 8 heteroatoms. The predicted octanol–water partition coefficient (Wildman–Crippen LogP) is 1.27. The molecule has 0 aliphatic heterocycles. The third-order valence-corrected chi connectivity index (χ3v) is 3.94. The van der Waals surface area contributed by atoms with E-state index >= 15 is 0 Å². The first-order chi connectivity index (χ1) is 9.33. The molecule has 1 rings (SSSR count). The summed E-state index contributed by atoms with van der Waals surface area (Å²) in [4.78, 5) is 0.0844. The van der Waals surface area contributed by atoms with Crippen molar-refractivity contribution in [1.29, 1.82) is 0 Å². The lowest BCUT2D eigenvalue weighted by molar-refractivity contribution is 0.0199. The summed E-state index contributed by atoms with van der Waals surface area (Å²) in [6.07, 6.45) is -2.56. The van der Waals surface area contributed by atoms with Crippen molar-refractivity contribution in [3.05, 3.63) is 29.8 Å². The monoisotopic (exact) mass is 308 g/mol. The molecular formula is C12H18F2N2O3S. The molecular weight excluding hydrogens is 290 g/mol. The molecule has 1 unspecified atom stereocenters. The standard InChI is InChI=1S/C12H18F2N2O3S/c1-9(15)10-3-2-4-11(7-10)20(17,18)16-5-6-19-8-12(13)14/h2-4,7,9,12,16H,5-6,8,15H2,1H3. The molecule has 0 aliphatic rings. The molecule has 114 valence electrons. The first-order valence-electron chi connectivity index (χ1n) is 6.04. The summed E-state index contributed by atoms with van der Waals surface area (Å²) in [5.74, 6) is 0. The SMILES string of the molecule is CC(N)c1cccc(S(=O)(=O)NCCOCC(F)F)c1. The van der Waals surface area contributed by atoms with Crippen LogP contribution in [0.25, 0.3) is 0 Å². The second-order valence-corrected chi connectivity index (χ2v) is 5.99. The number of hydrogen-bond acceptors (Lipinski definition) is 4. The number of nitrogens with one attached hydrogen (secondary N) is 1. The van der Waals surface area contributed by atoms with Crippen LogP contribution in [0.5, 0.6) is 0 Å². The Bertz CT molecular complexity index is 521. The van der Waals surface area contributed by atoms with Crippen molar-refractivity contribution in [2.45, 2.75) is 24.3 Å². The van der Waals surface area contributed by atoms with Crippen LogP contribution < -0.4 is 10.5 Å². The van der Waals surface area contributed by atoms with Crippen LogP contribution in [0.4, 0.5) is 8.78 Å². The number of halogens is 2. The van der Waals surface area contributed by atoms with Crippen molar-refractivity contribution in [2.24, 2.45) is 5.73 Å². The highest BCUT2D eigenvalue weighted by molar-refractivity contribution is 7.89. The number of rotatable bonds is 8. The van der Waals surface area contributed by atoms with Crippen LogP contribution in [0.1, 0.15) is 18.5 Å². The molecule has 5 nitrogen and oxygen atoms in total. The van der Waals surface area contributed by atoms with E-state index in [2.05, 4.69) is 9.46 Å². The smallest absolute Gasteiger partial charge is 0.261 e. The molecule has 0 bridgehead atoms. The summed E-state index contributed by atoms with van der Waals surface area (Å²) in [5, 5.41) is 0. The Morgan fingerprint density at radius 3 is 2.70 bits per heavy atom. The Balaban J connectivity index is 2.58. The molecule has 0 saturated carbocycles. The van der Waals surface area contributed by atoms with Gasteiger partial charge in [-0.15, -0.1) is 0 Å². The molecule has 3 N–H and O–H groups in total. The summed E-state index contributed by atoms with van der Waals surface area (Å²) in [5.41, 5.74) is 6.38. The second kappa shape index (κ2) is 7.63. The van der Waals surface area contributed by atoms with E-state index in [9.17, 15) is 17.2 Å². The number of alkyl halides is 2. The van der Waals surface area contributed by atoms with E-state index < -0.39 is 23.1 Å². The highest BCUT2D eigenvalue weighted by Crippen LogP contribution is 2.15. The Labute approximate surface area is 117 Å². The fraction of sp³-hybridized carbons (Fsp3) is 0.500. The zero-order valence-electron chi connectivity index (χ0n) is 11.1. The van der Waals surface area contributed by atoms with Gasteiger partial charge in [-0.25, -0.2) is 21.9 Å². The van der Waals surface area contributed by atoms with E-state index in [0.29, 0.717) is 5.56 Å². The molecule has 1 aromatic carbocycles. The van der Waals surface area contributed by atoms with Crippen molar-refractivity contribution in [1.82, 2.24) is 4.72 Å². The average molecular weight is 308 g/mol. The molecule has 1 aromatic rings. The normalized spacial score (nSPS) is 13.7. The van der Waals surface area contributed by atoms with Crippen molar-refractivity contribution >= 4 is 10.0 Å². The van der Waals surface area contributed by atoms with Gasteiger partial charge in [-0.3, -0.25) is 0 Å². The molecule has 0 aromatic heterocycles. The van der Waals surface area contributed by atoms with Crippen molar-refractivity contribution < 1.29 is 21.9 Å². The third-order valence-electron chi connectivity index (χ3n) is 2.48. The van der Waals surface area contributed by atoms with Gasteiger partial charge < -0.3 is 10.5 Å². The van der Waals surface area contributed by atoms with Crippen LogP contribution in [0.15, 0.2) is 29.2 Å². The number of hydrogen-bond donors (Lipinski definition) is 2. The fourth-order valence-corrected chi connectivity index (χ4v) is 2.54. The molecule has 0 heterocycles. The Hall–Kier alpha value is -1.09. The van der Waals surface area contributed by atoms with Crippen molar-refractivity contribution in [2.75, 3.05) is 19.8 Å². The van der Waals surface area contributed by atoms with Crippen LogP contribution in [0.3, 0.4) is 0 Å². The Morgan fingerprint density at radius 2 is 2.10 bits per heavy atom. The summed E-state index contributed by atoms with van der Waals surface area (Å²) >= 11 is 0. The number of sulfonamides is 1. The largest absolute Gasteiger partial charge is 0.374 e. The molecule has 0 fully saturated rings. The predicted molar refractivity (Wildman–Crippen MR) is 71.1 cm³/mol. The Morgan fingerprint density at radius 1 is 1.40 bits per heavy atom. The lowest BCUT2D eigenvalue weighted by atomic mass is 10.1. The summed E-state index contributed by atoms with van der Waals surface area (Å²) in [7, 11) is -3.69. The molecule has 0 radical (unpaired) electrons. The van der Waals surface area contributed by atoms with E-state index in [1.54, 1.807) is 19.1 Å². The molecule has 0 spiro atoms. The van der Waals surface area contributed by atoms with Gasteiger partial charge in [0.2, 0.25) is 10.0 Å². The average Bonchev–Trinajstić information content (AvgIpc) is 2.38. The maximum Gasteiger partial charge on any atom is 0.261 e. The quantitative estimate of drug-likeness (QED) is 0.709. The minimum atomic E-state index is -3.69. The van der Waals surface area contributed by atoms with E-state index in [0.717, 1.165) is 0 Å². The summed E-state index contributed by atoms with van der Waals surface area (Å²) < 4.78 is 54.4. The van der Waals surface area contributed by atoms with E-state index in [4.69, 9.17) is 5.73 Å². The topological polar surface area (TPSA) is 81.4 Å². The maximum atomic E-state index is 11.9. The molecule has 20 heavy (non-hydrogen) atoms. The number of nitrogens with two attached hydrogens (primary N) is 1. The highest BCUT2D eigenvalue weighted by atomic mass is 32.2. The lowest BCUT2D eigenvalue weighted by Gasteiger charge is -2.10. The zero-order valence-corrected chi connectivity index (χ0v) is 11.9. The molecule has 0 aliphatic carbocycles. The zero-order chi connectivity index (χ0) is 15.2. The van der Waals surface area contributed by atoms with Gasteiger partial charge in [0, 0.05) is 12.6 Å². The number of ether oxygens (including phenoxy) is 1. The molecule has 1 atom stereocenters. The van der Waals surface area contributed by atoms with Gasteiger partial charge in [0.1, 0.15) is 6.61 Å². The van der Waals surface area contributed by atoms with Gasteiger partial charge in [-0.1, -0.05) is 12.1 Å². The molecule has 0 saturated heterocycles. The van der Waals surface area contributed by atoms with Crippen molar-refractivity contribution in [3.63, 3.8) is 0 Å². The van der Waals surface area contributed by atoms with Gasteiger partial charge in [0.05, 0.1) is 11.5 Å². The molecule has 0 amide bonds. The fourth-order valence-electron chi connectivity index (χ4n) is 1.47. The summed E-state index contributed by atoms with van der Waals surface area (Å²) in [6, 6.07) is 5.97.